The molecule has 0 amide bonds. The third-order valence-electron chi connectivity index (χ3n) is 3.66. The number of hydrogen-bond donors (Lipinski definition) is 2. The number of carbonyl (C=O) groups excluding carboxylic acids is 1. The predicted molar refractivity (Wildman–Crippen MR) is 102 cm³/mol. The van der Waals surface area contributed by atoms with Crippen molar-refractivity contribution in [1.29, 1.82) is 0 Å². The average Bonchev–Trinajstić information content (AvgIpc) is 3.09. The van der Waals surface area contributed by atoms with E-state index in [9.17, 15) is 4.79 Å². The molecule has 0 saturated heterocycles. The molecule has 1 aromatic carbocycles. The number of esters is 1. The SMILES string of the molecule is COC(=O)c1c(NC(=S)Nc2ccccc2Br)sc2c1CCC2. The number of fused-ring (bicyclic) bond motifs is 1. The summed E-state index contributed by atoms with van der Waals surface area (Å²) in [6.07, 6.45) is 3.02. The van der Waals surface area contributed by atoms with Gasteiger partial charge in [0, 0.05) is 9.35 Å². The molecule has 3 rings (SSSR count). The zero-order chi connectivity index (χ0) is 16.4. The number of thiocarbonyl (C=S) groups is 1. The molecule has 1 heterocycles. The largest absolute Gasteiger partial charge is 0.465 e. The standard InChI is InChI=1S/C16H15BrN2O2S2/c1-21-15(20)13-9-5-4-8-12(9)23-14(13)19-16(22)18-11-7-3-2-6-10(11)17/h2-3,6-7H,4-5,8H2,1H3,(H2,18,19,22). The maximum atomic E-state index is 12.1. The van der Waals surface area contributed by atoms with Gasteiger partial charge in [-0.2, -0.15) is 0 Å². The summed E-state index contributed by atoms with van der Waals surface area (Å²) in [6.45, 7) is 0. The number of anilines is 2. The fourth-order valence-electron chi connectivity index (χ4n) is 2.63. The van der Waals surface area contributed by atoms with Gasteiger partial charge in [0.05, 0.1) is 18.4 Å². The molecule has 1 aromatic heterocycles. The first-order chi connectivity index (χ1) is 11.1. The van der Waals surface area contributed by atoms with E-state index in [1.165, 1.54) is 12.0 Å². The Bertz CT molecular complexity index is 773. The van der Waals surface area contributed by atoms with Crippen molar-refractivity contribution in [3.8, 4) is 0 Å². The van der Waals surface area contributed by atoms with Crippen LogP contribution in [0.15, 0.2) is 28.7 Å². The number of benzene rings is 1. The van der Waals surface area contributed by atoms with Crippen molar-refractivity contribution in [3.63, 3.8) is 0 Å². The van der Waals surface area contributed by atoms with Gasteiger partial charge in [-0.25, -0.2) is 4.79 Å². The molecule has 4 nitrogen and oxygen atoms in total. The molecule has 0 bridgehead atoms. The highest BCUT2D eigenvalue weighted by Gasteiger charge is 2.27. The number of aryl methyl sites for hydroxylation is 1. The Kier molecular flexibility index (Phi) is 4.99. The van der Waals surface area contributed by atoms with Crippen molar-refractivity contribution in [2.24, 2.45) is 0 Å². The quantitative estimate of drug-likeness (QED) is 0.572. The molecule has 2 N–H and O–H groups in total. The van der Waals surface area contributed by atoms with Crippen LogP contribution < -0.4 is 10.6 Å². The van der Waals surface area contributed by atoms with Crippen LogP contribution in [0.4, 0.5) is 10.7 Å². The first-order valence-corrected chi connectivity index (χ1v) is 9.17. The number of para-hydroxylation sites is 1. The molecular formula is C16H15BrN2O2S2. The summed E-state index contributed by atoms with van der Waals surface area (Å²) in [6, 6.07) is 7.72. The van der Waals surface area contributed by atoms with Crippen LogP contribution >= 0.6 is 39.5 Å². The number of methoxy groups -OCH3 is 1. The minimum absolute atomic E-state index is 0.310. The van der Waals surface area contributed by atoms with Crippen molar-refractivity contribution in [2.75, 3.05) is 17.7 Å². The van der Waals surface area contributed by atoms with Crippen LogP contribution in [0.1, 0.15) is 27.2 Å². The van der Waals surface area contributed by atoms with Crippen LogP contribution in [0.3, 0.4) is 0 Å². The van der Waals surface area contributed by atoms with Gasteiger partial charge in [-0.1, -0.05) is 12.1 Å². The fraction of sp³-hybridized carbons (Fsp3) is 0.250. The second-order valence-corrected chi connectivity index (χ2v) is 7.48. The summed E-state index contributed by atoms with van der Waals surface area (Å²) >= 11 is 10.4. The van der Waals surface area contributed by atoms with Crippen molar-refractivity contribution in [3.05, 3.63) is 44.7 Å². The topological polar surface area (TPSA) is 50.4 Å². The molecule has 1 aliphatic carbocycles. The van der Waals surface area contributed by atoms with Gasteiger partial charge in [0.1, 0.15) is 5.00 Å². The van der Waals surface area contributed by atoms with Gasteiger partial charge in [0.15, 0.2) is 5.11 Å². The van der Waals surface area contributed by atoms with E-state index < -0.39 is 0 Å². The maximum absolute atomic E-state index is 12.1. The molecule has 23 heavy (non-hydrogen) atoms. The Morgan fingerprint density at radius 1 is 1.30 bits per heavy atom. The lowest BCUT2D eigenvalue weighted by Crippen LogP contribution is -2.20. The molecule has 120 valence electrons. The summed E-state index contributed by atoms with van der Waals surface area (Å²) in [5, 5.41) is 7.49. The highest BCUT2D eigenvalue weighted by molar-refractivity contribution is 9.10. The van der Waals surface area contributed by atoms with Crippen LogP contribution in [-0.2, 0) is 17.6 Å². The lowest BCUT2D eigenvalue weighted by Gasteiger charge is -2.12. The number of hydrogen-bond acceptors (Lipinski definition) is 4. The monoisotopic (exact) mass is 410 g/mol. The minimum atomic E-state index is -0.310. The molecule has 0 unspecified atom stereocenters. The number of ether oxygens (including phenoxy) is 1. The van der Waals surface area contributed by atoms with Crippen molar-refractivity contribution >= 4 is 61.3 Å². The second-order valence-electron chi connectivity index (χ2n) is 5.11. The Morgan fingerprint density at radius 2 is 2.09 bits per heavy atom. The highest BCUT2D eigenvalue weighted by Crippen LogP contribution is 2.39. The Labute approximate surface area is 152 Å². The zero-order valence-corrected chi connectivity index (χ0v) is 15.7. The second kappa shape index (κ2) is 6.98. The van der Waals surface area contributed by atoms with Crippen LogP contribution in [0.25, 0.3) is 0 Å². The van der Waals surface area contributed by atoms with Crippen LogP contribution in [-0.4, -0.2) is 18.2 Å². The number of halogens is 1. The van der Waals surface area contributed by atoms with Gasteiger partial charge in [-0.3, -0.25) is 0 Å². The molecule has 0 aliphatic heterocycles. The van der Waals surface area contributed by atoms with Gasteiger partial charge in [0.25, 0.3) is 0 Å². The molecule has 1 aliphatic rings. The third-order valence-corrected chi connectivity index (χ3v) is 5.76. The summed E-state index contributed by atoms with van der Waals surface area (Å²) in [5.41, 5.74) is 2.60. The van der Waals surface area contributed by atoms with Crippen molar-refractivity contribution < 1.29 is 9.53 Å². The van der Waals surface area contributed by atoms with Gasteiger partial charge in [-0.15, -0.1) is 11.3 Å². The van der Waals surface area contributed by atoms with Gasteiger partial charge in [0.2, 0.25) is 0 Å². The number of carbonyl (C=O) groups is 1. The van der Waals surface area contributed by atoms with Gasteiger partial charge >= 0.3 is 5.97 Å². The molecular weight excluding hydrogens is 396 g/mol. The Hall–Kier alpha value is -1.44. The first kappa shape index (κ1) is 16.4. The van der Waals surface area contributed by atoms with E-state index in [1.54, 1.807) is 11.3 Å². The molecule has 0 spiro atoms. The van der Waals surface area contributed by atoms with E-state index in [2.05, 4.69) is 26.6 Å². The van der Waals surface area contributed by atoms with E-state index in [0.29, 0.717) is 10.7 Å². The Balaban J connectivity index is 1.82. The van der Waals surface area contributed by atoms with Gasteiger partial charge < -0.3 is 15.4 Å². The third kappa shape index (κ3) is 3.41. The molecule has 7 heteroatoms. The normalized spacial score (nSPS) is 12.6. The van der Waals surface area contributed by atoms with Crippen LogP contribution in [0.5, 0.6) is 0 Å². The number of nitrogens with one attached hydrogen (secondary N) is 2. The highest BCUT2D eigenvalue weighted by atomic mass is 79.9. The van der Waals surface area contributed by atoms with Gasteiger partial charge in [-0.05, 0) is 65.1 Å². The summed E-state index contributed by atoms with van der Waals surface area (Å²) in [5.74, 6) is -0.310. The molecule has 0 fully saturated rings. The van der Waals surface area contributed by atoms with Crippen molar-refractivity contribution in [1.82, 2.24) is 0 Å². The first-order valence-electron chi connectivity index (χ1n) is 7.15. The lowest BCUT2D eigenvalue weighted by atomic mass is 10.1. The van der Waals surface area contributed by atoms with Crippen LogP contribution in [0.2, 0.25) is 0 Å². The lowest BCUT2D eigenvalue weighted by molar-refractivity contribution is 0.0601. The summed E-state index contributed by atoms with van der Waals surface area (Å²) in [4.78, 5) is 13.4. The summed E-state index contributed by atoms with van der Waals surface area (Å²) in [7, 11) is 1.41. The summed E-state index contributed by atoms with van der Waals surface area (Å²) < 4.78 is 5.86. The van der Waals surface area contributed by atoms with E-state index in [1.807, 2.05) is 24.3 Å². The molecule has 0 atom stereocenters. The fourth-order valence-corrected chi connectivity index (χ4v) is 4.57. The van der Waals surface area contributed by atoms with E-state index in [0.717, 1.165) is 40.0 Å². The van der Waals surface area contributed by atoms with Crippen molar-refractivity contribution in [2.45, 2.75) is 19.3 Å². The zero-order valence-electron chi connectivity index (χ0n) is 12.4. The van der Waals surface area contributed by atoms with Crippen LogP contribution in [0, 0.1) is 0 Å². The molecule has 0 saturated carbocycles. The molecule has 0 radical (unpaired) electrons. The number of thiophene rings is 1. The smallest absolute Gasteiger partial charge is 0.341 e. The Morgan fingerprint density at radius 3 is 2.83 bits per heavy atom. The van der Waals surface area contributed by atoms with E-state index in [-0.39, 0.29) is 5.97 Å². The molecule has 2 aromatic rings. The minimum Gasteiger partial charge on any atom is -0.465 e. The van der Waals surface area contributed by atoms with E-state index in [4.69, 9.17) is 17.0 Å². The maximum Gasteiger partial charge on any atom is 0.341 e. The predicted octanol–water partition coefficient (Wildman–Crippen LogP) is 4.59. The average molecular weight is 411 g/mol. The van der Waals surface area contributed by atoms with E-state index >= 15 is 0 Å². The number of rotatable bonds is 3.